The second-order valence-corrected chi connectivity index (χ2v) is 7.80. The Kier molecular flexibility index (Phi) is 5.92. The molecule has 0 bridgehead atoms. The highest BCUT2D eigenvalue weighted by atomic mass is 14.9. The fraction of sp³-hybridized carbons (Fsp3) is 0.778. The Bertz CT molecular complexity index is 439. The van der Waals surface area contributed by atoms with Crippen LogP contribution in [0.1, 0.15) is 78.2 Å². The van der Waals surface area contributed by atoms with Crippen molar-refractivity contribution in [3.63, 3.8) is 0 Å². The van der Waals surface area contributed by atoms with E-state index in [9.17, 15) is 0 Å². The first-order chi connectivity index (χ1) is 9.58. The Morgan fingerprint density at radius 1 is 0.857 bits per heavy atom. The predicted octanol–water partition coefficient (Wildman–Crippen LogP) is 3.83. The molecule has 0 aliphatic carbocycles. The lowest BCUT2D eigenvalue weighted by Crippen LogP contribution is -2.37. The first-order valence-corrected chi connectivity index (χ1v) is 8.22. The van der Waals surface area contributed by atoms with E-state index >= 15 is 0 Å². The van der Waals surface area contributed by atoms with Gasteiger partial charge in [0.25, 0.3) is 0 Å². The average Bonchev–Trinajstić information content (AvgIpc) is 2.35. The van der Waals surface area contributed by atoms with Crippen molar-refractivity contribution in [3.8, 4) is 0 Å². The molecule has 1 rings (SSSR count). The van der Waals surface area contributed by atoms with E-state index in [1.807, 2.05) is 0 Å². The average molecular weight is 291 g/mol. The Hall–Kier alpha value is -0.960. The number of hydrogen-bond donors (Lipinski definition) is 1. The zero-order valence-electron chi connectivity index (χ0n) is 15.2. The van der Waals surface area contributed by atoms with E-state index in [0.29, 0.717) is 0 Å². The SMILES string of the molecule is CCc1nc(C(C)(C)C)nc(CC)c1CCNC(C)(C)C. The van der Waals surface area contributed by atoms with Gasteiger partial charge in [-0.2, -0.15) is 0 Å². The molecule has 0 saturated heterocycles. The summed E-state index contributed by atoms with van der Waals surface area (Å²) in [6, 6.07) is 0. The normalized spacial score (nSPS) is 12.8. The van der Waals surface area contributed by atoms with E-state index in [1.54, 1.807) is 0 Å². The van der Waals surface area contributed by atoms with Crippen molar-refractivity contribution < 1.29 is 0 Å². The summed E-state index contributed by atoms with van der Waals surface area (Å²) in [4.78, 5) is 9.69. The number of hydrogen-bond acceptors (Lipinski definition) is 3. The molecule has 1 N–H and O–H groups in total. The van der Waals surface area contributed by atoms with E-state index in [0.717, 1.165) is 31.6 Å². The fourth-order valence-corrected chi connectivity index (χ4v) is 2.35. The van der Waals surface area contributed by atoms with Crippen LogP contribution in [0.4, 0.5) is 0 Å². The van der Waals surface area contributed by atoms with E-state index in [1.165, 1.54) is 17.0 Å². The Balaban J connectivity index is 3.07. The van der Waals surface area contributed by atoms with Gasteiger partial charge < -0.3 is 5.32 Å². The highest BCUT2D eigenvalue weighted by Crippen LogP contribution is 2.22. The highest BCUT2D eigenvalue weighted by Gasteiger charge is 2.21. The minimum atomic E-state index is 0.00995. The van der Waals surface area contributed by atoms with E-state index in [-0.39, 0.29) is 11.0 Å². The summed E-state index contributed by atoms with van der Waals surface area (Å²) >= 11 is 0. The van der Waals surface area contributed by atoms with Gasteiger partial charge in [0, 0.05) is 22.3 Å². The summed E-state index contributed by atoms with van der Waals surface area (Å²) in [6.45, 7) is 18.5. The summed E-state index contributed by atoms with van der Waals surface area (Å²) in [5.74, 6) is 0.976. The third-order valence-electron chi connectivity index (χ3n) is 3.55. The number of nitrogens with zero attached hydrogens (tertiary/aromatic N) is 2. The molecule has 120 valence electrons. The predicted molar refractivity (Wildman–Crippen MR) is 90.9 cm³/mol. The second-order valence-electron chi connectivity index (χ2n) is 7.80. The van der Waals surface area contributed by atoms with Gasteiger partial charge in [0.15, 0.2) is 0 Å². The topological polar surface area (TPSA) is 37.8 Å². The molecule has 1 aromatic rings. The van der Waals surface area contributed by atoms with Gasteiger partial charge in [0.2, 0.25) is 0 Å². The van der Waals surface area contributed by atoms with Crippen LogP contribution in [0.25, 0.3) is 0 Å². The minimum absolute atomic E-state index is 0.00995. The molecular weight excluding hydrogens is 258 g/mol. The zero-order chi connectivity index (χ0) is 16.3. The largest absolute Gasteiger partial charge is 0.312 e. The molecule has 3 heteroatoms. The molecule has 0 aliphatic rings. The summed E-state index contributed by atoms with van der Waals surface area (Å²) in [5.41, 5.74) is 3.97. The van der Waals surface area contributed by atoms with Gasteiger partial charge in [-0.05, 0) is 52.1 Å². The monoisotopic (exact) mass is 291 g/mol. The quantitative estimate of drug-likeness (QED) is 0.896. The molecule has 0 fully saturated rings. The van der Waals surface area contributed by atoms with Crippen LogP contribution in [0, 0.1) is 0 Å². The third kappa shape index (κ3) is 5.39. The number of aromatic nitrogens is 2. The summed E-state index contributed by atoms with van der Waals surface area (Å²) in [7, 11) is 0. The van der Waals surface area contributed by atoms with Crippen molar-refractivity contribution in [1.29, 1.82) is 0 Å². The molecule has 0 radical (unpaired) electrons. The van der Waals surface area contributed by atoms with Crippen LogP contribution in [0.3, 0.4) is 0 Å². The van der Waals surface area contributed by atoms with Crippen molar-refractivity contribution in [2.75, 3.05) is 6.54 Å². The molecule has 0 amide bonds. The van der Waals surface area contributed by atoms with Gasteiger partial charge in [-0.15, -0.1) is 0 Å². The molecule has 0 spiro atoms. The Morgan fingerprint density at radius 2 is 1.33 bits per heavy atom. The standard InChI is InChI=1S/C18H33N3/c1-9-14-13(11-12-19-18(6,7)8)15(10-2)21-16(20-14)17(3,4)5/h19H,9-12H2,1-8H3. The maximum absolute atomic E-state index is 4.85. The fourth-order valence-electron chi connectivity index (χ4n) is 2.35. The molecular formula is C18H33N3. The van der Waals surface area contributed by atoms with Gasteiger partial charge in [-0.25, -0.2) is 9.97 Å². The molecule has 0 atom stereocenters. The molecule has 0 aromatic carbocycles. The number of nitrogens with one attached hydrogen (secondary N) is 1. The third-order valence-corrected chi connectivity index (χ3v) is 3.55. The maximum atomic E-state index is 4.85. The van der Waals surface area contributed by atoms with Gasteiger partial charge in [0.1, 0.15) is 5.82 Å². The van der Waals surface area contributed by atoms with Crippen LogP contribution in [0.5, 0.6) is 0 Å². The van der Waals surface area contributed by atoms with Crippen LogP contribution in [0.15, 0.2) is 0 Å². The van der Waals surface area contributed by atoms with Crippen LogP contribution in [-0.4, -0.2) is 22.1 Å². The lowest BCUT2D eigenvalue weighted by atomic mass is 9.94. The van der Waals surface area contributed by atoms with Crippen LogP contribution < -0.4 is 5.32 Å². The summed E-state index contributed by atoms with van der Waals surface area (Å²) in [6.07, 6.45) is 2.96. The number of aryl methyl sites for hydroxylation is 2. The van der Waals surface area contributed by atoms with E-state index in [2.05, 4.69) is 60.7 Å². The van der Waals surface area contributed by atoms with Crippen molar-refractivity contribution in [2.24, 2.45) is 0 Å². The second kappa shape index (κ2) is 6.87. The summed E-state index contributed by atoms with van der Waals surface area (Å²) in [5, 5.41) is 3.56. The number of rotatable bonds is 5. The lowest BCUT2D eigenvalue weighted by Gasteiger charge is -2.23. The van der Waals surface area contributed by atoms with Gasteiger partial charge in [0.05, 0.1) is 0 Å². The molecule has 0 aliphatic heterocycles. The Labute approximate surface area is 131 Å². The minimum Gasteiger partial charge on any atom is -0.312 e. The molecule has 21 heavy (non-hydrogen) atoms. The molecule has 1 aromatic heterocycles. The smallest absolute Gasteiger partial charge is 0.134 e. The molecule has 3 nitrogen and oxygen atoms in total. The molecule has 0 unspecified atom stereocenters. The van der Waals surface area contributed by atoms with Crippen LogP contribution in [0.2, 0.25) is 0 Å². The molecule has 1 heterocycles. The summed E-state index contributed by atoms with van der Waals surface area (Å²) < 4.78 is 0. The van der Waals surface area contributed by atoms with Gasteiger partial charge in [-0.1, -0.05) is 34.6 Å². The first-order valence-electron chi connectivity index (χ1n) is 8.22. The van der Waals surface area contributed by atoms with Crippen molar-refractivity contribution >= 4 is 0 Å². The van der Waals surface area contributed by atoms with E-state index in [4.69, 9.17) is 9.97 Å². The first kappa shape index (κ1) is 18.1. The van der Waals surface area contributed by atoms with Gasteiger partial charge in [-0.3, -0.25) is 0 Å². The van der Waals surface area contributed by atoms with Gasteiger partial charge >= 0.3 is 0 Å². The highest BCUT2D eigenvalue weighted by molar-refractivity contribution is 5.28. The Morgan fingerprint density at radius 3 is 1.67 bits per heavy atom. The lowest BCUT2D eigenvalue weighted by molar-refractivity contribution is 0.428. The van der Waals surface area contributed by atoms with Crippen molar-refractivity contribution in [2.45, 2.75) is 85.6 Å². The van der Waals surface area contributed by atoms with Crippen molar-refractivity contribution in [1.82, 2.24) is 15.3 Å². The molecule has 0 saturated carbocycles. The van der Waals surface area contributed by atoms with Crippen molar-refractivity contribution in [3.05, 3.63) is 22.8 Å². The van der Waals surface area contributed by atoms with Crippen LogP contribution >= 0.6 is 0 Å². The van der Waals surface area contributed by atoms with E-state index < -0.39 is 0 Å². The maximum Gasteiger partial charge on any atom is 0.134 e. The zero-order valence-corrected chi connectivity index (χ0v) is 15.2. The van der Waals surface area contributed by atoms with Crippen LogP contribution in [-0.2, 0) is 24.7 Å².